The number of rotatable bonds is 8. The predicted octanol–water partition coefficient (Wildman–Crippen LogP) is -0.242. The van der Waals surface area contributed by atoms with Gasteiger partial charge < -0.3 is 21.1 Å². The fourth-order valence-electron chi connectivity index (χ4n) is 1.16. The summed E-state index contributed by atoms with van der Waals surface area (Å²) in [4.78, 5) is 33.5. The average molecular weight is 245 g/mol. The van der Waals surface area contributed by atoms with Crippen molar-refractivity contribution in [3.8, 4) is 0 Å². The van der Waals surface area contributed by atoms with Gasteiger partial charge >= 0.3 is 12.0 Å². The van der Waals surface area contributed by atoms with Gasteiger partial charge in [0.25, 0.3) is 0 Å². The van der Waals surface area contributed by atoms with Gasteiger partial charge in [0.05, 0.1) is 0 Å². The molecule has 0 bridgehead atoms. The average Bonchev–Trinajstić information content (AvgIpc) is 2.23. The van der Waals surface area contributed by atoms with Gasteiger partial charge in [-0.1, -0.05) is 0 Å². The lowest BCUT2D eigenvalue weighted by molar-refractivity contribution is -0.137. The lowest BCUT2D eigenvalue weighted by Gasteiger charge is -2.17. The standard InChI is InChI=1S/C10H19N3O4/c1-13(7-3-5-9(15)16)10(17)12-6-2-4-8(11)14/h2-7H2,1H3,(H2,11,14)(H,12,17)(H,15,16). The van der Waals surface area contributed by atoms with Crippen molar-refractivity contribution in [2.75, 3.05) is 20.1 Å². The Morgan fingerprint density at radius 2 is 1.88 bits per heavy atom. The normalized spacial score (nSPS) is 9.71. The molecule has 0 fully saturated rings. The first-order valence-electron chi connectivity index (χ1n) is 5.42. The van der Waals surface area contributed by atoms with E-state index in [1.165, 1.54) is 4.90 Å². The van der Waals surface area contributed by atoms with E-state index in [1.54, 1.807) is 7.05 Å². The highest BCUT2D eigenvalue weighted by atomic mass is 16.4. The molecular weight excluding hydrogens is 226 g/mol. The Balaban J connectivity index is 3.60. The molecule has 0 aliphatic heterocycles. The molecule has 4 N–H and O–H groups in total. The summed E-state index contributed by atoms with van der Waals surface area (Å²) in [7, 11) is 1.59. The molecule has 0 spiro atoms. The van der Waals surface area contributed by atoms with E-state index in [2.05, 4.69) is 5.32 Å². The van der Waals surface area contributed by atoms with E-state index < -0.39 is 11.9 Å². The van der Waals surface area contributed by atoms with E-state index in [9.17, 15) is 14.4 Å². The molecule has 0 radical (unpaired) electrons. The SMILES string of the molecule is CN(CCCC(=O)O)C(=O)NCCCC(N)=O. The quantitative estimate of drug-likeness (QED) is 0.512. The van der Waals surface area contributed by atoms with Crippen LogP contribution in [0.3, 0.4) is 0 Å². The van der Waals surface area contributed by atoms with E-state index in [-0.39, 0.29) is 18.9 Å². The number of nitrogens with one attached hydrogen (secondary N) is 1. The Hall–Kier alpha value is -1.79. The number of aliphatic carboxylic acids is 1. The second kappa shape index (κ2) is 8.37. The molecule has 0 aromatic carbocycles. The molecule has 3 amide bonds. The van der Waals surface area contributed by atoms with Crippen LogP contribution in [0.1, 0.15) is 25.7 Å². The zero-order chi connectivity index (χ0) is 13.3. The molecule has 0 rings (SSSR count). The number of nitrogens with two attached hydrogens (primary N) is 1. The Labute approximate surface area is 100.0 Å². The van der Waals surface area contributed by atoms with E-state index in [4.69, 9.17) is 10.8 Å². The Bertz CT molecular complexity index is 281. The maximum Gasteiger partial charge on any atom is 0.317 e. The van der Waals surface area contributed by atoms with Crippen LogP contribution < -0.4 is 11.1 Å². The number of carbonyl (C=O) groups is 3. The molecule has 0 aliphatic carbocycles. The number of hydrogen-bond acceptors (Lipinski definition) is 3. The molecule has 0 aromatic heterocycles. The summed E-state index contributed by atoms with van der Waals surface area (Å²) in [5.74, 6) is -1.27. The topological polar surface area (TPSA) is 113 Å². The summed E-state index contributed by atoms with van der Waals surface area (Å²) >= 11 is 0. The summed E-state index contributed by atoms with van der Waals surface area (Å²) in [5, 5.41) is 11.0. The molecule has 0 heterocycles. The lowest BCUT2D eigenvalue weighted by atomic mass is 10.3. The number of hydrogen-bond donors (Lipinski definition) is 3. The first-order valence-corrected chi connectivity index (χ1v) is 5.42. The zero-order valence-corrected chi connectivity index (χ0v) is 9.94. The molecule has 17 heavy (non-hydrogen) atoms. The van der Waals surface area contributed by atoms with Crippen LogP contribution in [0.2, 0.25) is 0 Å². The maximum absolute atomic E-state index is 11.4. The van der Waals surface area contributed by atoms with Gasteiger partial charge in [0.1, 0.15) is 0 Å². The smallest absolute Gasteiger partial charge is 0.317 e. The number of primary amides is 1. The van der Waals surface area contributed by atoms with Crippen molar-refractivity contribution in [2.45, 2.75) is 25.7 Å². The van der Waals surface area contributed by atoms with Gasteiger partial charge in [0.2, 0.25) is 5.91 Å². The molecule has 0 unspecified atom stereocenters. The summed E-state index contributed by atoms with van der Waals surface area (Å²) in [6, 6.07) is -0.278. The monoisotopic (exact) mass is 245 g/mol. The van der Waals surface area contributed by atoms with Crippen molar-refractivity contribution in [1.29, 1.82) is 0 Å². The van der Waals surface area contributed by atoms with Gasteiger partial charge in [-0.2, -0.15) is 0 Å². The van der Waals surface area contributed by atoms with Crippen LogP contribution in [0.5, 0.6) is 0 Å². The van der Waals surface area contributed by atoms with Crippen LogP contribution in [0.4, 0.5) is 4.79 Å². The maximum atomic E-state index is 11.4. The number of carbonyl (C=O) groups excluding carboxylic acids is 2. The highest BCUT2D eigenvalue weighted by molar-refractivity contribution is 5.75. The van der Waals surface area contributed by atoms with Crippen molar-refractivity contribution < 1.29 is 19.5 Å². The summed E-state index contributed by atoms with van der Waals surface area (Å²) < 4.78 is 0. The van der Waals surface area contributed by atoms with Crippen molar-refractivity contribution in [1.82, 2.24) is 10.2 Å². The first kappa shape index (κ1) is 15.2. The van der Waals surface area contributed by atoms with E-state index in [1.807, 2.05) is 0 Å². The molecule has 7 heteroatoms. The predicted molar refractivity (Wildman–Crippen MR) is 61.3 cm³/mol. The Morgan fingerprint density at radius 3 is 2.41 bits per heavy atom. The Morgan fingerprint density at radius 1 is 1.24 bits per heavy atom. The van der Waals surface area contributed by atoms with Crippen LogP contribution in [-0.2, 0) is 9.59 Å². The summed E-state index contributed by atoms with van der Waals surface area (Å²) in [5.41, 5.74) is 4.95. The van der Waals surface area contributed by atoms with Gasteiger partial charge in [0.15, 0.2) is 0 Å². The van der Waals surface area contributed by atoms with Gasteiger partial charge in [0, 0.05) is 33.0 Å². The highest BCUT2D eigenvalue weighted by Crippen LogP contribution is 1.94. The number of nitrogens with zero attached hydrogens (tertiary/aromatic N) is 1. The molecule has 0 saturated carbocycles. The molecule has 98 valence electrons. The molecule has 0 aliphatic rings. The minimum absolute atomic E-state index is 0.0410. The Kier molecular flexibility index (Phi) is 7.49. The number of amides is 3. The fourth-order valence-corrected chi connectivity index (χ4v) is 1.16. The van der Waals surface area contributed by atoms with Gasteiger partial charge in [-0.05, 0) is 12.8 Å². The van der Waals surface area contributed by atoms with E-state index in [0.29, 0.717) is 25.9 Å². The lowest BCUT2D eigenvalue weighted by Crippen LogP contribution is -2.38. The van der Waals surface area contributed by atoms with Gasteiger partial charge in [-0.25, -0.2) is 4.79 Å². The van der Waals surface area contributed by atoms with Gasteiger partial charge in [-0.15, -0.1) is 0 Å². The molecule has 0 atom stereocenters. The highest BCUT2D eigenvalue weighted by Gasteiger charge is 2.08. The van der Waals surface area contributed by atoms with Crippen LogP contribution >= 0.6 is 0 Å². The van der Waals surface area contributed by atoms with Crippen LogP contribution in [-0.4, -0.2) is 48.1 Å². The van der Waals surface area contributed by atoms with Crippen LogP contribution in [0, 0.1) is 0 Å². The van der Waals surface area contributed by atoms with E-state index >= 15 is 0 Å². The summed E-state index contributed by atoms with van der Waals surface area (Å²) in [6.07, 6.45) is 1.20. The largest absolute Gasteiger partial charge is 0.481 e. The minimum Gasteiger partial charge on any atom is -0.481 e. The first-order chi connectivity index (χ1) is 7.93. The molecular formula is C10H19N3O4. The summed E-state index contributed by atoms with van der Waals surface area (Å²) in [6.45, 7) is 0.763. The van der Waals surface area contributed by atoms with Crippen molar-refractivity contribution in [3.05, 3.63) is 0 Å². The second-order valence-electron chi connectivity index (χ2n) is 3.72. The third kappa shape index (κ3) is 9.16. The molecule has 0 saturated heterocycles. The fraction of sp³-hybridized carbons (Fsp3) is 0.700. The second-order valence-corrected chi connectivity index (χ2v) is 3.72. The van der Waals surface area contributed by atoms with Gasteiger partial charge in [-0.3, -0.25) is 9.59 Å². The van der Waals surface area contributed by atoms with Crippen molar-refractivity contribution in [3.63, 3.8) is 0 Å². The number of carboxylic acids is 1. The molecule has 7 nitrogen and oxygen atoms in total. The van der Waals surface area contributed by atoms with E-state index in [0.717, 1.165) is 0 Å². The third-order valence-corrected chi connectivity index (χ3v) is 2.11. The minimum atomic E-state index is -0.875. The number of urea groups is 1. The number of carboxylic acid groups (broad SMARTS) is 1. The zero-order valence-electron chi connectivity index (χ0n) is 9.94. The van der Waals surface area contributed by atoms with Crippen molar-refractivity contribution >= 4 is 17.9 Å². The van der Waals surface area contributed by atoms with Crippen LogP contribution in [0.25, 0.3) is 0 Å². The van der Waals surface area contributed by atoms with Crippen molar-refractivity contribution in [2.24, 2.45) is 5.73 Å². The molecule has 0 aromatic rings. The van der Waals surface area contributed by atoms with Crippen LogP contribution in [0.15, 0.2) is 0 Å². The third-order valence-electron chi connectivity index (χ3n) is 2.11.